The van der Waals surface area contributed by atoms with Crippen molar-refractivity contribution in [1.82, 2.24) is 0 Å². The summed E-state index contributed by atoms with van der Waals surface area (Å²) in [6, 6.07) is 6.87. The van der Waals surface area contributed by atoms with Gasteiger partial charge in [-0.3, -0.25) is 0 Å². The van der Waals surface area contributed by atoms with Crippen LogP contribution in [0.5, 0.6) is 0 Å². The predicted molar refractivity (Wildman–Crippen MR) is 46.6 cm³/mol. The molecular formula is C8H10ClNO2. The summed E-state index contributed by atoms with van der Waals surface area (Å²) in [5, 5.41) is 10.0. The van der Waals surface area contributed by atoms with Crippen LogP contribution in [0, 0.1) is 0 Å². The molecule has 0 heterocycles. The van der Waals surface area contributed by atoms with Crippen molar-refractivity contribution in [1.29, 1.82) is 0 Å². The second-order valence-electron chi connectivity index (χ2n) is 2.40. The van der Waals surface area contributed by atoms with Crippen LogP contribution in [0.15, 0.2) is 24.3 Å². The van der Waals surface area contributed by atoms with Crippen LogP contribution >= 0.6 is 11.6 Å². The smallest absolute Gasteiger partial charge is 0.104 e. The van der Waals surface area contributed by atoms with E-state index in [2.05, 4.69) is 4.84 Å². The summed E-state index contributed by atoms with van der Waals surface area (Å²) >= 11 is 5.66. The fourth-order valence-electron chi connectivity index (χ4n) is 0.872. The number of rotatable bonds is 3. The minimum absolute atomic E-state index is 0.0850. The Kier molecular flexibility index (Phi) is 3.49. The molecule has 3 N–H and O–H groups in total. The van der Waals surface area contributed by atoms with Gasteiger partial charge in [0.15, 0.2) is 0 Å². The molecule has 0 radical (unpaired) electrons. The van der Waals surface area contributed by atoms with Gasteiger partial charge in [-0.05, 0) is 17.7 Å². The molecule has 0 saturated carbocycles. The van der Waals surface area contributed by atoms with Crippen molar-refractivity contribution in [3.05, 3.63) is 34.9 Å². The molecule has 0 aliphatic heterocycles. The molecule has 12 heavy (non-hydrogen) atoms. The Morgan fingerprint density at radius 3 is 2.50 bits per heavy atom. The molecule has 1 unspecified atom stereocenters. The van der Waals surface area contributed by atoms with Crippen LogP contribution in [0.2, 0.25) is 5.02 Å². The Morgan fingerprint density at radius 1 is 1.42 bits per heavy atom. The maximum Gasteiger partial charge on any atom is 0.104 e. The fourth-order valence-corrected chi connectivity index (χ4v) is 0.998. The van der Waals surface area contributed by atoms with Gasteiger partial charge in [0.2, 0.25) is 0 Å². The first-order chi connectivity index (χ1) is 5.74. The second-order valence-corrected chi connectivity index (χ2v) is 2.84. The summed E-state index contributed by atoms with van der Waals surface area (Å²) in [7, 11) is 0. The van der Waals surface area contributed by atoms with E-state index < -0.39 is 6.10 Å². The van der Waals surface area contributed by atoms with Gasteiger partial charge < -0.3 is 9.94 Å². The highest BCUT2D eigenvalue weighted by molar-refractivity contribution is 6.30. The van der Waals surface area contributed by atoms with Crippen molar-refractivity contribution < 1.29 is 9.94 Å². The molecule has 1 aromatic carbocycles. The molecule has 0 saturated heterocycles. The summed E-state index contributed by atoms with van der Waals surface area (Å²) in [5.41, 5.74) is 0.741. The lowest BCUT2D eigenvalue weighted by Gasteiger charge is -2.08. The molecule has 0 aliphatic carbocycles. The third kappa shape index (κ3) is 2.46. The van der Waals surface area contributed by atoms with E-state index in [9.17, 15) is 5.11 Å². The van der Waals surface area contributed by atoms with Crippen LogP contribution in [0.3, 0.4) is 0 Å². The van der Waals surface area contributed by atoms with Crippen molar-refractivity contribution >= 4 is 11.6 Å². The topological polar surface area (TPSA) is 55.5 Å². The predicted octanol–water partition coefficient (Wildman–Crippen LogP) is 1.26. The lowest BCUT2D eigenvalue weighted by molar-refractivity contribution is 0.0359. The molecule has 1 atom stereocenters. The minimum atomic E-state index is -0.688. The Labute approximate surface area is 75.7 Å². The Bertz CT molecular complexity index is 237. The molecule has 0 bridgehead atoms. The highest BCUT2D eigenvalue weighted by atomic mass is 35.5. The first-order valence-electron chi connectivity index (χ1n) is 3.49. The van der Waals surface area contributed by atoms with Gasteiger partial charge in [-0.25, -0.2) is 5.90 Å². The van der Waals surface area contributed by atoms with Crippen LogP contribution in [-0.2, 0) is 4.84 Å². The molecule has 0 amide bonds. The third-order valence-electron chi connectivity index (χ3n) is 1.51. The highest BCUT2D eigenvalue weighted by Crippen LogP contribution is 2.15. The molecule has 3 nitrogen and oxygen atoms in total. The summed E-state index contributed by atoms with van der Waals surface area (Å²) in [5.74, 6) is 4.81. The lowest BCUT2D eigenvalue weighted by Crippen LogP contribution is -2.10. The van der Waals surface area contributed by atoms with E-state index in [0.29, 0.717) is 5.02 Å². The van der Waals surface area contributed by atoms with Crippen molar-refractivity contribution in [2.45, 2.75) is 6.10 Å². The zero-order valence-electron chi connectivity index (χ0n) is 6.40. The van der Waals surface area contributed by atoms with E-state index in [1.807, 2.05) is 0 Å². The van der Waals surface area contributed by atoms with E-state index in [1.165, 1.54) is 0 Å². The average Bonchev–Trinajstić information content (AvgIpc) is 2.06. The SMILES string of the molecule is NOCC(O)c1ccc(Cl)cc1. The molecule has 0 spiro atoms. The first kappa shape index (κ1) is 9.48. The largest absolute Gasteiger partial charge is 0.386 e. The number of hydrogen-bond acceptors (Lipinski definition) is 3. The Morgan fingerprint density at radius 2 is 2.00 bits per heavy atom. The van der Waals surface area contributed by atoms with E-state index in [1.54, 1.807) is 24.3 Å². The maximum absolute atomic E-state index is 9.36. The van der Waals surface area contributed by atoms with Gasteiger partial charge in [0, 0.05) is 5.02 Å². The van der Waals surface area contributed by atoms with Crippen LogP contribution in [-0.4, -0.2) is 11.7 Å². The first-order valence-corrected chi connectivity index (χ1v) is 3.87. The standard InChI is InChI=1S/C8H10ClNO2/c9-7-3-1-6(2-4-7)8(11)5-12-10/h1-4,8,11H,5,10H2. The average molecular weight is 188 g/mol. The number of halogens is 1. The summed E-state index contributed by atoms with van der Waals surface area (Å²) in [4.78, 5) is 4.31. The second kappa shape index (κ2) is 4.42. The van der Waals surface area contributed by atoms with Crippen molar-refractivity contribution in [3.8, 4) is 0 Å². The zero-order chi connectivity index (χ0) is 8.97. The quantitative estimate of drug-likeness (QED) is 0.701. The van der Waals surface area contributed by atoms with Crippen molar-refractivity contribution in [2.24, 2.45) is 5.90 Å². The number of aliphatic hydroxyl groups is 1. The molecular weight excluding hydrogens is 178 g/mol. The summed E-state index contributed by atoms with van der Waals surface area (Å²) in [6.45, 7) is 0.0850. The van der Waals surface area contributed by atoms with Crippen LogP contribution < -0.4 is 5.90 Å². The number of hydrogen-bond donors (Lipinski definition) is 2. The third-order valence-corrected chi connectivity index (χ3v) is 1.76. The normalized spacial score (nSPS) is 12.9. The van der Waals surface area contributed by atoms with Gasteiger partial charge in [0.25, 0.3) is 0 Å². The molecule has 4 heteroatoms. The summed E-state index contributed by atoms with van der Waals surface area (Å²) in [6.07, 6.45) is -0.688. The lowest BCUT2D eigenvalue weighted by atomic mass is 10.1. The van der Waals surface area contributed by atoms with E-state index in [0.717, 1.165) is 5.56 Å². The maximum atomic E-state index is 9.36. The van der Waals surface area contributed by atoms with Gasteiger partial charge in [0.05, 0.1) is 6.61 Å². The number of benzene rings is 1. The van der Waals surface area contributed by atoms with Gasteiger partial charge in [-0.15, -0.1) is 0 Å². The summed E-state index contributed by atoms with van der Waals surface area (Å²) < 4.78 is 0. The number of nitrogens with two attached hydrogens (primary N) is 1. The Hall–Kier alpha value is -0.610. The van der Waals surface area contributed by atoms with Crippen molar-refractivity contribution in [2.75, 3.05) is 6.61 Å². The monoisotopic (exact) mass is 187 g/mol. The molecule has 0 fully saturated rings. The van der Waals surface area contributed by atoms with E-state index >= 15 is 0 Å². The molecule has 1 aromatic rings. The van der Waals surface area contributed by atoms with Crippen LogP contribution in [0.4, 0.5) is 0 Å². The van der Waals surface area contributed by atoms with Crippen LogP contribution in [0.25, 0.3) is 0 Å². The van der Waals surface area contributed by atoms with E-state index in [-0.39, 0.29) is 6.61 Å². The molecule has 66 valence electrons. The Balaban J connectivity index is 2.68. The van der Waals surface area contributed by atoms with Gasteiger partial charge in [-0.2, -0.15) is 0 Å². The number of aliphatic hydroxyl groups excluding tert-OH is 1. The van der Waals surface area contributed by atoms with Crippen LogP contribution in [0.1, 0.15) is 11.7 Å². The van der Waals surface area contributed by atoms with Gasteiger partial charge in [0.1, 0.15) is 6.10 Å². The van der Waals surface area contributed by atoms with Crippen molar-refractivity contribution in [3.63, 3.8) is 0 Å². The molecule has 1 rings (SSSR count). The fraction of sp³-hybridized carbons (Fsp3) is 0.250. The zero-order valence-corrected chi connectivity index (χ0v) is 7.16. The van der Waals surface area contributed by atoms with E-state index in [4.69, 9.17) is 17.5 Å². The highest BCUT2D eigenvalue weighted by Gasteiger charge is 2.05. The van der Waals surface area contributed by atoms with Gasteiger partial charge in [-0.1, -0.05) is 23.7 Å². The van der Waals surface area contributed by atoms with Gasteiger partial charge >= 0.3 is 0 Å². The minimum Gasteiger partial charge on any atom is -0.386 e. The molecule has 0 aromatic heterocycles. The molecule has 0 aliphatic rings.